The van der Waals surface area contributed by atoms with Gasteiger partial charge in [-0.3, -0.25) is 0 Å². The lowest BCUT2D eigenvalue weighted by atomic mass is 10.2. The first kappa shape index (κ1) is 12.9. The number of anilines is 2. The molecule has 0 amide bonds. The Balaban J connectivity index is 2.31. The molecule has 0 aliphatic carbocycles. The third-order valence-electron chi connectivity index (χ3n) is 2.71. The van der Waals surface area contributed by atoms with Crippen LogP contribution >= 0.6 is 15.9 Å². The number of nitrogens with zero attached hydrogens (tertiary/aromatic N) is 3. The molecule has 0 unspecified atom stereocenters. The van der Waals surface area contributed by atoms with Crippen molar-refractivity contribution >= 4 is 27.6 Å². The molecule has 6 heteroatoms. The number of halogens is 1. The van der Waals surface area contributed by atoms with Gasteiger partial charge in [0.2, 0.25) is 0 Å². The lowest BCUT2D eigenvalue weighted by Gasteiger charge is -2.14. The summed E-state index contributed by atoms with van der Waals surface area (Å²) in [4.78, 5) is 6.41. The molecule has 1 heterocycles. The van der Waals surface area contributed by atoms with Gasteiger partial charge in [0.15, 0.2) is 0 Å². The quantitative estimate of drug-likeness (QED) is 0.879. The van der Waals surface area contributed by atoms with Gasteiger partial charge in [0.1, 0.15) is 0 Å². The molecule has 0 saturated heterocycles. The molecule has 2 N–H and O–H groups in total. The molecule has 18 heavy (non-hydrogen) atoms. The SMILES string of the molecule is CCN(CC)c1noc(-c2ccc(N)c(Br)c2)n1. The van der Waals surface area contributed by atoms with E-state index in [4.69, 9.17) is 10.3 Å². The number of hydrogen-bond donors (Lipinski definition) is 1. The summed E-state index contributed by atoms with van der Waals surface area (Å²) in [5, 5.41) is 3.98. The molecular formula is C12H15BrN4O. The predicted molar refractivity (Wildman–Crippen MR) is 75.4 cm³/mol. The van der Waals surface area contributed by atoms with Crippen LogP contribution in [0.15, 0.2) is 27.2 Å². The number of aromatic nitrogens is 2. The van der Waals surface area contributed by atoms with Crippen molar-refractivity contribution in [1.29, 1.82) is 0 Å². The first-order valence-corrected chi connectivity index (χ1v) is 6.59. The first-order chi connectivity index (χ1) is 8.65. The fourth-order valence-corrected chi connectivity index (χ4v) is 2.01. The molecular weight excluding hydrogens is 296 g/mol. The highest BCUT2D eigenvalue weighted by atomic mass is 79.9. The van der Waals surface area contributed by atoms with E-state index in [-0.39, 0.29) is 0 Å². The van der Waals surface area contributed by atoms with E-state index in [1.807, 2.05) is 17.0 Å². The normalized spacial score (nSPS) is 10.6. The second-order valence-corrected chi connectivity index (χ2v) is 4.66. The Morgan fingerprint density at radius 2 is 2.06 bits per heavy atom. The summed E-state index contributed by atoms with van der Waals surface area (Å²) < 4.78 is 6.09. The Morgan fingerprint density at radius 1 is 1.33 bits per heavy atom. The van der Waals surface area contributed by atoms with E-state index in [0.29, 0.717) is 17.5 Å². The predicted octanol–water partition coefficient (Wildman–Crippen LogP) is 2.93. The van der Waals surface area contributed by atoms with Gasteiger partial charge >= 0.3 is 0 Å². The van der Waals surface area contributed by atoms with Crippen molar-refractivity contribution in [3.63, 3.8) is 0 Å². The van der Waals surface area contributed by atoms with Crippen molar-refractivity contribution in [3.8, 4) is 11.5 Å². The van der Waals surface area contributed by atoms with Crippen LogP contribution < -0.4 is 10.6 Å². The van der Waals surface area contributed by atoms with Crippen molar-refractivity contribution in [2.45, 2.75) is 13.8 Å². The van der Waals surface area contributed by atoms with Gasteiger partial charge in [0.05, 0.1) is 0 Å². The van der Waals surface area contributed by atoms with Gasteiger partial charge < -0.3 is 15.2 Å². The summed E-state index contributed by atoms with van der Waals surface area (Å²) in [5.41, 5.74) is 7.27. The summed E-state index contributed by atoms with van der Waals surface area (Å²) in [6.07, 6.45) is 0. The molecule has 0 atom stereocenters. The van der Waals surface area contributed by atoms with Crippen molar-refractivity contribution < 1.29 is 4.52 Å². The van der Waals surface area contributed by atoms with Crippen LogP contribution in [0.3, 0.4) is 0 Å². The summed E-state index contributed by atoms with van der Waals surface area (Å²) in [6.45, 7) is 5.81. The van der Waals surface area contributed by atoms with Crippen LogP contribution in [0.1, 0.15) is 13.8 Å². The van der Waals surface area contributed by atoms with Crippen LogP contribution in [-0.2, 0) is 0 Å². The molecule has 0 fully saturated rings. The van der Waals surface area contributed by atoms with Crippen LogP contribution in [0.5, 0.6) is 0 Å². The standard InChI is InChI=1S/C12H15BrN4O/c1-3-17(4-2)12-15-11(18-16-12)8-5-6-10(14)9(13)7-8/h5-7H,3-4,14H2,1-2H3. The highest BCUT2D eigenvalue weighted by Crippen LogP contribution is 2.27. The van der Waals surface area contributed by atoms with Gasteiger partial charge in [-0.25, -0.2) is 0 Å². The number of rotatable bonds is 4. The van der Waals surface area contributed by atoms with E-state index in [9.17, 15) is 0 Å². The molecule has 0 bridgehead atoms. The fraction of sp³-hybridized carbons (Fsp3) is 0.333. The zero-order chi connectivity index (χ0) is 13.1. The van der Waals surface area contributed by atoms with Gasteiger partial charge in [0.25, 0.3) is 11.8 Å². The summed E-state index contributed by atoms with van der Waals surface area (Å²) in [7, 11) is 0. The van der Waals surface area contributed by atoms with E-state index in [1.165, 1.54) is 0 Å². The largest absolute Gasteiger partial charge is 0.398 e. The average Bonchev–Trinajstić information content (AvgIpc) is 2.84. The molecule has 0 aliphatic rings. The van der Waals surface area contributed by atoms with E-state index >= 15 is 0 Å². The Morgan fingerprint density at radius 3 is 2.67 bits per heavy atom. The van der Waals surface area contributed by atoms with Gasteiger partial charge in [0, 0.05) is 28.8 Å². The number of nitrogens with two attached hydrogens (primary N) is 1. The summed E-state index contributed by atoms with van der Waals surface area (Å²) in [6, 6.07) is 5.54. The zero-order valence-electron chi connectivity index (χ0n) is 10.4. The number of benzene rings is 1. The maximum Gasteiger partial charge on any atom is 0.266 e. The van der Waals surface area contributed by atoms with Crippen molar-refractivity contribution in [1.82, 2.24) is 10.1 Å². The monoisotopic (exact) mass is 310 g/mol. The van der Waals surface area contributed by atoms with Crippen LogP contribution in [-0.4, -0.2) is 23.2 Å². The van der Waals surface area contributed by atoms with Crippen LogP contribution in [0, 0.1) is 0 Å². The minimum Gasteiger partial charge on any atom is -0.398 e. The van der Waals surface area contributed by atoms with E-state index in [1.54, 1.807) is 6.07 Å². The number of hydrogen-bond acceptors (Lipinski definition) is 5. The summed E-state index contributed by atoms with van der Waals surface area (Å²) in [5.74, 6) is 1.11. The molecule has 0 radical (unpaired) electrons. The topological polar surface area (TPSA) is 68.2 Å². The van der Waals surface area contributed by atoms with Gasteiger partial charge in [-0.1, -0.05) is 0 Å². The smallest absolute Gasteiger partial charge is 0.266 e. The second-order valence-electron chi connectivity index (χ2n) is 3.81. The number of nitrogen functional groups attached to an aromatic ring is 1. The Bertz CT molecular complexity index is 537. The highest BCUT2D eigenvalue weighted by Gasteiger charge is 2.13. The molecule has 0 saturated carbocycles. The van der Waals surface area contributed by atoms with E-state index in [2.05, 4.69) is 39.9 Å². The molecule has 2 aromatic rings. The molecule has 5 nitrogen and oxygen atoms in total. The van der Waals surface area contributed by atoms with Gasteiger partial charge in [-0.15, -0.1) is 0 Å². The molecule has 0 spiro atoms. The molecule has 96 valence electrons. The van der Waals surface area contributed by atoms with Gasteiger partial charge in [-0.2, -0.15) is 4.98 Å². The maximum atomic E-state index is 5.74. The zero-order valence-corrected chi connectivity index (χ0v) is 11.9. The Kier molecular flexibility index (Phi) is 3.86. The lowest BCUT2D eigenvalue weighted by Crippen LogP contribution is -2.22. The van der Waals surface area contributed by atoms with Gasteiger partial charge in [-0.05, 0) is 53.1 Å². The fourth-order valence-electron chi connectivity index (χ4n) is 1.63. The van der Waals surface area contributed by atoms with Crippen LogP contribution in [0.25, 0.3) is 11.5 Å². The van der Waals surface area contributed by atoms with Crippen LogP contribution in [0.2, 0.25) is 0 Å². The third-order valence-corrected chi connectivity index (χ3v) is 3.40. The molecule has 1 aromatic carbocycles. The minimum atomic E-state index is 0.498. The summed E-state index contributed by atoms with van der Waals surface area (Å²) >= 11 is 3.38. The van der Waals surface area contributed by atoms with E-state index < -0.39 is 0 Å². The molecule has 0 aliphatic heterocycles. The second kappa shape index (κ2) is 5.39. The Hall–Kier alpha value is -1.56. The molecule has 2 rings (SSSR count). The van der Waals surface area contributed by atoms with Crippen LogP contribution in [0.4, 0.5) is 11.6 Å². The van der Waals surface area contributed by atoms with Crippen molar-refractivity contribution in [3.05, 3.63) is 22.7 Å². The average molecular weight is 311 g/mol. The highest BCUT2D eigenvalue weighted by molar-refractivity contribution is 9.10. The third kappa shape index (κ3) is 2.48. The minimum absolute atomic E-state index is 0.498. The van der Waals surface area contributed by atoms with Crippen molar-refractivity contribution in [2.24, 2.45) is 0 Å². The lowest BCUT2D eigenvalue weighted by molar-refractivity contribution is 0.429. The first-order valence-electron chi connectivity index (χ1n) is 5.79. The van der Waals surface area contributed by atoms with E-state index in [0.717, 1.165) is 23.1 Å². The Labute approximate surface area is 114 Å². The maximum absolute atomic E-state index is 5.74. The van der Waals surface area contributed by atoms with Crippen molar-refractivity contribution in [2.75, 3.05) is 23.7 Å². The molecule has 1 aromatic heterocycles.